The highest BCUT2D eigenvalue weighted by molar-refractivity contribution is 6.31. The smallest absolute Gasteiger partial charge is 0.255 e. The molecule has 0 aliphatic rings. The van der Waals surface area contributed by atoms with Crippen molar-refractivity contribution in [2.24, 2.45) is 0 Å². The van der Waals surface area contributed by atoms with Gasteiger partial charge in [0.15, 0.2) is 5.82 Å². The third kappa shape index (κ3) is 4.15. The second kappa shape index (κ2) is 8.20. The van der Waals surface area contributed by atoms with Crippen LogP contribution in [0.1, 0.15) is 21.7 Å². The molecule has 0 saturated carbocycles. The average Bonchev–Trinajstić information content (AvgIpc) is 3.17. The first-order chi connectivity index (χ1) is 14.1. The number of imidazole rings is 1. The van der Waals surface area contributed by atoms with Crippen molar-refractivity contribution in [2.45, 2.75) is 0 Å². The number of nitrogens with one attached hydrogen (secondary N) is 2. The molecule has 0 atom stereocenters. The Morgan fingerprint density at radius 1 is 1.07 bits per heavy atom. The van der Waals surface area contributed by atoms with Gasteiger partial charge in [-0.2, -0.15) is 0 Å². The number of carbonyl (C=O) groups excluding carboxylic acids is 1. The maximum atomic E-state index is 12.8. The standard InChI is InChI=1S/C23H18ClN3O2/c1-29-21-10-6-5-9-16(21)13-20(27-23(28)15-7-3-2-4-8-15)22-25-18-12-11-17(24)14-19(18)26-22/h2-14H,1H3,(H,25,26)(H,27,28)/b20-13+. The zero-order chi connectivity index (χ0) is 20.2. The predicted molar refractivity (Wildman–Crippen MR) is 116 cm³/mol. The number of para-hydroxylation sites is 1. The van der Waals surface area contributed by atoms with E-state index in [0.29, 0.717) is 27.9 Å². The zero-order valence-electron chi connectivity index (χ0n) is 15.6. The van der Waals surface area contributed by atoms with Crippen LogP contribution in [0.25, 0.3) is 22.8 Å². The van der Waals surface area contributed by atoms with E-state index in [1.54, 1.807) is 31.4 Å². The number of methoxy groups -OCH3 is 1. The minimum absolute atomic E-state index is 0.231. The van der Waals surface area contributed by atoms with E-state index in [1.807, 2.05) is 54.6 Å². The molecule has 1 heterocycles. The molecule has 144 valence electrons. The first-order valence-electron chi connectivity index (χ1n) is 9.01. The summed E-state index contributed by atoms with van der Waals surface area (Å²) in [5.74, 6) is 0.987. The van der Waals surface area contributed by atoms with Crippen molar-refractivity contribution in [2.75, 3.05) is 7.11 Å². The van der Waals surface area contributed by atoms with Gasteiger partial charge in [0.25, 0.3) is 5.91 Å². The molecular weight excluding hydrogens is 386 g/mol. The summed E-state index contributed by atoms with van der Waals surface area (Å²) in [6.45, 7) is 0. The number of fused-ring (bicyclic) bond motifs is 1. The molecule has 6 heteroatoms. The summed E-state index contributed by atoms with van der Waals surface area (Å²) in [6.07, 6.45) is 1.83. The van der Waals surface area contributed by atoms with Crippen molar-refractivity contribution >= 4 is 40.3 Å². The van der Waals surface area contributed by atoms with Crippen LogP contribution in [0.15, 0.2) is 72.8 Å². The number of hydrogen-bond donors (Lipinski definition) is 2. The highest BCUT2D eigenvalue weighted by Crippen LogP contribution is 2.25. The van der Waals surface area contributed by atoms with E-state index in [1.165, 1.54) is 0 Å². The van der Waals surface area contributed by atoms with E-state index in [2.05, 4.69) is 15.3 Å². The highest BCUT2D eigenvalue weighted by Gasteiger charge is 2.14. The number of ether oxygens (including phenoxy) is 1. The zero-order valence-corrected chi connectivity index (χ0v) is 16.4. The number of rotatable bonds is 5. The monoisotopic (exact) mass is 403 g/mol. The number of nitrogens with zero attached hydrogens (tertiary/aromatic N) is 1. The quantitative estimate of drug-likeness (QED) is 0.484. The number of benzene rings is 3. The Kier molecular flexibility index (Phi) is 5.31. The fourth-order valence-electron chi connectivity index (χ4n) is 3.00. The van der Waals surface area contributed by atoms with Gasteiger partial charge in [-0.15, -0.1) is 0 Å². The van der Waals surface area contributed by atoms with Gasteiger partial charge in [0.05, 0.1) is 23.8 Å². The second-order valence-corrected chi connectivity index (χ2v) is 6.80. The first kappa shape index (κ1) is 18.8. The van der Waals surface area contributed by atoms with Crippen molar-refractivity contribution in [3.05, 3.63) is 94.8 Å². The number of H-pyrrole nitrogens is 1. The molecule has 3 aromatic carbocycles. The number of aromatic amines is 1. The molecule has 5 nitrogen and oxygen atoms in total. The van der Waals surface area contributed by atoms with E-state index in [0.717, 1.165) is 16.6 Å². The molecule has 0 aliphatic heterocycles. The van der Waals surface area contributed by atoms with Gasteiger partial charge in [0, 0.05) is 16.1 Å². The van der Waals surface area contributed by atoms with Crippen LogP contribution in [-0.2, 0) is 0 Å². The van der Waals surface area contributed by atoms with Gasteiger partial charge >= 0.3 is 0 Å². The summed E-state index contributed by atoms with van der Waals surface area (Å²) >= 11 is 6.09. The Morgan fingerprint density at radius 2 is 1.83 bits per heavy atom. The van der Waals surface area contributed by atoms with Crippen molar-refractivity contribution in [1.29, 1.82) is 0 Å². The Morgan fingerprint density at radius 3 is 2.62 bits per heavy atom. The van der Waals surface area contributed by atoms with Gasteiger partial charge in [-0.3, -0.25) is 4.79 Å². The lowest BCUT2D eigenvalue weighted by atomic mass is 10.1. The maximum absolute atomic E-state index is 12.8. The topological polar surface area (TPSA) is 67.0 Å². The van der Waals surface area contributed by atoms with Gasteiger partial charge in [-0.05, 0) is 42.5 Å². The van der Waals surface area contributed by atoms with E-state index < -0.39 is 0 Å². The number of amides is 1. The van der Waals surface area contributed by atoms with E-state index in [-0.39, 0.29) is 5.91 Å². The third-order valence-electron chi connectivity index (χ3n) is 4.42. The molecule has 0 fully saturated rings. The van der Waals surface area contributed by atoms with Crippen LogP contribution < -0.4 is 10.1 Å². The number of hydrogen-bond acceptors (Lipinski definition) is 3. The minimum Gasteiger partial charge on any atom is -0.496 e. The van der Waals surface area contributed by atoms with Crippen molar-refractivity contribution in [3.8, 4) is 5.75 Å². The van der Waals surface area contributed by atoms with Gasteiger partial charge in [0.1, 0.15) is 5.75 Å². The Balaban J connectivity index is 1.79. The number of halogens is 1. The summed E-state index contributed by atoms with van der Waals surface area (Å²) in [6, 6.07) is 22.0. The van der Waals surface area contributed by atoms with Crippen molar-refractivity contribution in [1.82, 2.24) is 15.3 Å². The molecule has 0 radical (unpaired) electrons. The van der Waals surface area contributed by atoms with Gasteiger partial charge in [-0.1, -0.05) is 48.0 Å². The molecule has 0 spiro atoms. The molecule has 1 aromatic heterocycles. The largest absolute Gasteiger partial charge is 0.496 e. The Labute approximate surface area is 173 Å². The molecular formula is C23H18ClN3O2. The fraction of sp³-hybridized carbons (Fsp3) is 0.0435. The maximum Gasteiger partial charge on any atom is 0.255 e. The molecule has 29 heavy (non-hydrogen) atoms. The van der Waals surface area contributed by atoms with Crippen LogP contribution in [0, 0.1) is 0 Å². The predicted octanol–water partition coefficient (Wildman–Crippen LogP) is 5.15. The highest BCUT2D eigenvalue weighted by atomic mass is 35.5. The average molecular weight is 404 g/mol. The van der Waals surface area contributed by atoms with Gasteiger partial charge in [-0.25, -0.2) is 4.98 Å². The molecule has 0 saturated heterocycles. The lowest BCUT2D eigenvalue weighted by molar-refractivity contribution is 0.0973. The third-order valence-corrected chi connectivity index (χ3v) is 4.66. The van der Waals surface area contributed by atoms with Gasteiger partial charge < -0.3 is 15.0 Å². The number of aromatic nitrogens is 2. The number of carbonyl (C=O) groups is 1. The molecule has 4 aromatic rings. The van der Waals surface area contributed by atoms with E-state index in [4.69, 9.17) is 16.3 Å². The molecule has 1 amide bonds. The molecule has 0 unspecified atom stereocenters. The van der Waals surface area contributed by atoms with E-state index in [9.17, 15) is 4.79 Å². The minimum atomic E-state index is -0.231. The molecule has 0 aliphatic carbocycles. The van der Waals surface area contributed by atoms with Crippen LogP contribution in [-0.4, -0.2) is 23.0 Å². The van der Waals surface area contributed by atoms with E-state index >= 15 is 0 Å². The Bertz CT molecular complexity index is 1200. The van der Waals surface area contributed by atoms with Crippen molar-refractivity contribution in [3.63, 3.8) is 0 Å². The molecule has 2 N–H and O–H groups in total. The van der Waals surface area contributed by atoms with Crippen molar-refractivity contribution < 1.29 is 9.53 Å². The lowest BCUT2D eigenvalue weighted by Crippen LogP contribution is -2.22. The van der Waals surface area contributed by atoms with Gasteiger partial charge in [0.2, 0.25) is 0 Å². The SMILES string of the molecule is COc1ccccc1/C=C(/NC(=O)c1ccccc1)c1nc2ccc(Cl)cc2[nH]1. The van der Waals surface area contributed by atoms with Crippen LogP contribution in [0.2, 0.25) is 5.02 Å². The molecule has 0 bridgehead atoms. The van der Waals surface area contributed by atoms with Crippen LogP contribution in [0.3, 0.4) is 0 Å². The Hall–Kier alpha value is -3.57. The van der Waals surface area contributed by atoms with Crippen LogP contribution in [0.5, 0.6) is 5.75 Å². The summed E-state index contributed by atoms with van der Waals surface area (Å²) in [5, 5.41) is 3.57. The summed E-state index contributed by atoms with van der Waals surface area (Å²) in [5.41, 5.74) is 3.43. The summed E-state index contributed by atoms with van der Waals surface area (Å²) in [7, 11) is 1.61. The van der Waals surface area contributed by atoms with Crippen LogP contribution in [0.4, 0.5) is 0 Å². The lowest BCUT2D eigenvalue weighted by Gasteiger charge is -2.10. The van der Waals surface area contributed by atoms with Crippen LogP contribution >= 0.6 is 11.6 Å². The summed E-state index contributed by atoms with van der Waals surface area (Å²) in [4.78, 5) is 20.6. The summed E-state index contributed by atoms with van der Waals surface area (Å²) < 4.78 is 5.44. The normalized spacial score (nSPS) is 11.4. The molecule has 4 rings (SSSR count). The first-order valence-corrected chi connectivity index (χ1v) is 9.38. The second-order valence-electron chi connectivity index (χ2n) is 6.37. The fourth-order valence-corrected chi connectivity index (χ4v) is 3.17.